The molecule has 1 N–H and O–H groups in total. The molecule has 2 rings (SSSR count). The Hall–Kier alpha value is -0.640. The average molecular weight is 411 g/mol. The second kappa shape index (κ2) is 6.86. The van der Waals surface area contributed by atoms with E-state index < -0.39 is 20.0 Å². The van der Waals surface area contributed by atoms with Crippen LogP contribution in [0.15, 0.2) is 18.2 Å². The van der Waals surface area contributed by atoms with Crippen molar-refractivity contribution < 1.29 is 16.8 Å². The number of benzene rings is 1. The monoisotopic (exact) mass is 410 g/mol. The first kappa shape index (κ1) is 17.7. The molecule has 0 fully saturated rings. The van der Waals surface area contributed by atoms with Crippen LogP contribution in [0.25, 0.3) is 0 Å². The summed E-state index contributed by atoms with van der Waals surface area (Å²) >= 11 is 2.92. The maximum atomic E-state index is 12.2. The topological polar surface area (TPSA) is 83.6 Å². The summed E-state index contributed by atoms with van der Waals surface area (Å²) in [5, 5.41) is 0. The third kappa shape index (κ3) is 4.21. The minimum absolute atomic E-state index is 0.137. The molecule has 22 heavy (non-hydrogen) atoms. The highest BCUT2D eigenvalue weighted by molar-refractivity contribution is 9.10. The lowest BCUT2D eigenvalue weighted by Crippen LogP contribution is -2.37. The van der Waals surface area contributed by atoms with Gasteiger partial charge < -0.3 is 0 Å². The standard InChI is InChI=1S/C13H19BrN2O4S2/c1-2-7-22(19,20)16-6-5-11-3-4-13(8-12(11)9-16)15-21(17,18)10-14/h3-4,8,15H,2,5-7,9-10H2,1H3. The maximum absolute atomic E-state index is 12.2. The molecule has 6 nitrogen and oxygen atoms in total. The van der Waals surface area contributed by atoms with Crippen molar-refractivity contribution in [2.75, 3.05) is 21.7 Å². The van der Waals surface area contributed by atoms with Gasteiger partial charge in [0.1, 0.15) is 4.66 Å². The molecule has 1 heterocycles. The van der Waals surface area contributed by atoms with Gasteiger partial charge in [-0.15, -0.1) is 0 Å². The molecule has 124 valence electrons. The van der Waals surface area contributed by atoms with Gasteiger partial charge in [-0.25, -0.2) is 16.8 Å². The first-order chi connectivity index (χ1) is 10.3. The van der Waals surface area contributed by atoms with E-state index in [1.165, 1.54) is 4.31 Å². The molecule has 0 radical (unpaired) electrons. The fourth-order valence-corrected chi connectivity index (χ4v) is 4.79. The van der Waals surface area contributed by atoms with E-state index in [2.05, 4.69) is 20.7 Å². The molecular weight excluding hydrogens is 392 g/mol. The first-order valence-corrected chi connectivity index (χ1v) is 11.3. The predicted octanol–water partition coefficient (Wildman–Crippen LogP) is 1.88. The Morgan fingerprint density at radius 2 is 1.95 bits per heavy atom. The molecular formula is C13H19BrN2O4S2. The van der Waals surface area contributed by atoms with Crippen LogP contribution < -0.4 is 4.72 Å². The number of hydrogen-bond donors (Lipinski definition) is 1. The number of sulfonamides is 2. The number of anilines is 1. The molecule has 0 spiro atoms. The van der Waals surface area contributed by atoms with Crippen LogP contribution in [0.2, 0.25) is 0 Å². The van der Waals surface area contributed by atoms with Crippen molar-refractivity contribution in [3.63, 3.8) is 0 Å². The zero-order valence-corrected chi connectivity index (χ0v) is 15.5. The first-order valence-electron chi connectivity index (χ1n) is 6.93. The molecule has 0 aliphatic carbocycles. The summed E-state index contributed by atoms with van der Waals surface area (Å²) in [7, 11) is -6.66. The minimum Gasteiger partial charge on any atom is -0.283 e. The highest BCUT2D eigenvalue weighted by atomic mass is 79.9. The summed E-state index contributed by atoms with van der Waals surface area (Å²) in [6, 6.07) is 5.27. The van der Waals surface area contributed by atoms with Gasteiger partial charge in [-0.1, -0.05) is 28.9 Å². The Balaban J connectivity index is 2.23. The molecule has 0 saturated heterocycles. The van der Waals surface area contributed by atoms with E-state index in [0.717, 1.165) is 11.1 Å². The van der Waals surface area contributed by atoms with Gasteiger partial charge in [-0.05, 0) is 36.1 Å². The third-order valence-corrected chi connectivity index (χ3v) is 8.12. The second-order valence-electron chi connectivity index (χ2n) is 5.21. The van der Waals surface area contributed by atoms with Crippen molar-refractivity contribution >= 4 is 41.7 Å². The third-order valence-electron chi connectivity index (χ3n) is 3.46. The number of hydrogen-bond acceptors (Lipinski definition) is 4. The van der Waals surface area contributed by atoms with Gasteiger partial charge in [-0.2, -0.15) is 4.31 Å². The zero-order valence-electron chi connectivity index (χ0n) is 12.2. The highest BCUT2D eigenvalue weighted by Gasteiger charge is 2.26. The molecule has 9 heteroatoms. The minimum atomic E-state index is -3.41. The molecule has 1 aromatic rings. The maximum Gasteiger partial charge on any atom is 0.242 e. The quantitative estimate of drug-likeness (QED) is 0.725. The van der Waals surface area contributed by atoms with Crippen molar-refractivity contribution in [1.82, 2.24) is 4.31 Å². The average Bonchev–Trinajstić information content (AvgIpc) is 2.46. The van der Waals surface area contributed by atoms with Crippen molar-refractivity contribution in [3.8, 4) is 0 Å². The number of rotatable bonds is 6. The van der Waals surface area contributed by atoms with Crippen LogP contribution in [-0.4, -0.2) is 38.1 Å². The van der Waals surface area contributed by atoms with Crippen molar-refractivity contribution in [2.24, 2.45) is 0 Å². The molecule has 1 aromatic carbocycles. The van der Waals surface area contributed by atoms with E-state index >= 15 is 0 Å². The number of alkyl halides is 1. The molecule has 0 unspecified atom stereocenters. The Morgan fingerprint density at radius 3 is 2.59 bits per heavy atom. The molecule has 0 aromatic heterocycles. The van der Waals surface area contributed by atoms with Gasteiger partial charge in [0.05, 0.1) is 5.75 Å². The van der Waals surface area contributed by atoms with E-state index in [9.17, 15) is 16.8 Å². The SMILES string of the molecule is CCCS(=O)(=O)N1CCc2ccc(NS(=O)(=O)CBr)cc2C1. The molecule has 0 amide bonds. The van der Waals surface area contributed by atoms with E-state index in [1.807, 2.05) is 13.0 Å². The van der Waals surface area contributed by atoms with Crippen LogP contribution in [0, 0.1) is 0 Å². The lowest BCUT2D eigenvalue weighted by atomic mass is 10.0. The van der Waals surface area contributed by atoms with Crippen molar-refractivity contribution in [2.45, 2.75) is 26.3 Å². The van der Waals surface area contributed by atoms with Gasteiger partial charge in [0.2, 0.25) is 20.0 Å². The van der Waals surface area contributed by atoms with Crippen molar-refractivity contribution in [3.05, 3.63) is 29.3 Å². The number of nitrogens with zero attached hydrogens (tertiary/aromatic N) is 1. The molecule has 1 aliphatic rings. The van der Waals surface area contributed by atoms with E-state index in [1.54, 1.807) is 12.1 Å². The summed E-state index contributed by atoms with van der Waals surface area (Å²) in [5.74, 6) is 0.137. The van der Waals surface area contributed by atoms with Crippen LogP contribution >= 0.6 is 15.9 Å². The fourth-order valence-electron chi connectivity index (χ4n) is 2.43. The van der Waals surface area contributed by atoms with Gasteiger partial charge in [0.15, 0.2) is 0 Å². The number of halogens is 1. The number of nitrogens with one attached hydrogen (secondary N) is 1. The van der Waals surface area contributed by atoms with Crippen LogP contribution in [0.4, 0.5) is 5.69 Å². The lowest BCUT2D eigenvalue weighted by Gasteiger charge is -2.28. The second-order valence-corrected chi connectivity index (χ2v) is 10.3. The van der Waals surface area contributed by atoms with Gasteiger partial charge in [-0.3, -0.25) is 4.72 Å². The Labute approximate surface area is 140 Å². The van der Waals surface area contributed by atoms with Gasteiger partial charge in [0, 0.05) is 18.8 Å². The van der Waals surface area contributed by atoms with Crippen LogP contribution in [0.1, 0.15) is 24.5 Å². The number of fused-ring (bicyclic) bond motifs is 1. The molecule has 1 aliphatic heterocycles. The Bertz CT molecular complexity index is 747. The summed E-state index contributed by atoms with van der Waals surface area (Å²) in [6.45, 7) is 2.60. The van der Waals surface area contributed by atoms with Crippen LogP contribution in [-0.2, 0) is 33.0 Å². The van der Waals surface area contributed by atoms with Gasteiger partial charge in [0.25, 0.3) is 0 Å². The Kier molecular flexibility index (Phi) is 5.52. The largest absolute Gasteiger partial charge is 0.283 e. The van der Waals surface area contributed by atoms with Crippen LogP contribution in [0.5, 0.6) is 0 Å². The summed E-state index contributed by atoms with van der Waals surface area (Å²) < 4.78 is 51.2. The lowest BCUT2D eigenvalue weighted by molar-refractivity contribution is 0.391. The smallest absolute Gasteiger partial charge is 0.242 e. The summed E-state index contributed by atoms with van der Waals surface area (Å²) in [5.41, 5.74) is 2.36. The normalized spacial score (nSPS) is 16.3. The molecule has 0 bridgehead atoms. The molecule has 0 saturated carbocycles. The summed E-state index contributed by atoms with van der Waals surface area (Å²) in [6.07, 6.45) is 1.22. The highest BCUT2D eigenvalue weighted by Crippen LogP contribution is 2.25. The molecule has 0 atom stereocenters. The van der Waals surface area contributed by atoms with E-state index in [4.69, 9.17) is 0 Å². The zero-order chi connectivity index (χ0) is 16.4. The summed E-state index contributed by atoms with van der Waals surface area (Å²) in [4.78, 5) is 0. The fraction of sp³-hybridized carbons (Fsp3) is 0.538. The predicted molar refractivity (Wildman–Crippen MR) is 91.0 cm³/mol. The van der Waals surface area contributed by atoms with Crippen molar-refractivity contribution in [1.29, 1.82) is 0 Å². The Morgan fingerprint density at radius 1 is 1.23 bits per heavy atom. The van der Waals surface area contributed by atoms with Crippen LogP contribution in [0.3, 0.4) is 0 Å². The van der Waals surface area contributed by atoms with E-state index in [-0.39, 0.29) is 10.4 Å². The van der Waals surface area contributed by atoms with Gasteiger partial charge >= 0.3 is 0 Å². The van der Waals surface area contributed by atoms with E-state index in [0.29, 0.717) is 31.6 Å².